The third kappa shape index (κ3) is 6.00. The van der Waals surface area contributed by atoms with Gasteiger partial charge in [-0.15, -0.1) is 0 Å². The number of aliphatic hydroxyl groups is 1. The first-order valence-electron chi connectivity index (χ1n) is 12.5. The number of rotatable bonds is 10. The average Bonchev–Trinajstić information content (AvgIpc) is 3.14. The summed E-state index contributed by atoms with van der Waals surface area (Å²) < 4.78 is 11.4. The number of pyridine rings is 1. The molecule has 1 aliphatic heterocycles. The second kappa shape index (κ2) is 11.7. The van der Waals surface area contributed by atoms with Gasteiger partial charge in [-0.1, -0.05) is 26.0 Å². The van der Waals surface area contributed by atoms with E-state index in [1.165, 1.54) is 4.90 Å². The van der Waals surface area contributed by atoms with Crippen molar-refractivity contribution < 1.29 is 24.2 Å². The number of nitrogens with zero attached hydrogens (tertiary/aromatic N) is 2. The highest BCUT2D eigenvalue weighted by Gasteiger charge is 2.46. The van der Waals surface area contributed by atoms with Gasteiger partial charge in [0.05, 0.1) is 24.8 Å². The van der Waals surface area contributed by atoms with Crippen molar-refractivity contribution in [3.05, 3.63) is 95.3 Å². The number of aliphatic hydroxyl groups excluding tert-OH is 1. The second-order valence-corrected chi connectivity index (χ2v) is 9.34. The van der Waals surface area contributed by atoms with Crippen LogP contribution in [0.5, 0.6) is 11.5 Å². The standard InChI is InChI=1S/C30H32N2O5/c1-4-36-24-10-8-22(9-11-24)28(33)26-27(23-6-5-7-25(18-23)37-17-14-20(2)3)32(30(35)29(26)34)19-21-12-15-31-16-13-21/h5-13,15-16,18,20,27,33H,4,14,17,19H2,1-3H3/b28-26+. The fourth-order valence-electron chi connectivity index (χ4n) is 4.29. The van der Waals surface area contributed by atoms with E-state index in [9.17, 15) is 14.7 Å². The normalized spacial score (nSPS) is 16.9. The van der Waals surface area contributed by atoms with Crippen LogP contribution < -0.4 is 9.47 Å². The van der Waals surface area contributed by atoms with Crippen LogP contribution in [0.15, 0.2) is 78.6 Å². The van der Waals surface area contributed by atoms with E-state index in [-0.39, 0.29) is 17.9 Å². The van der Waals surface area contributed by atoms with Gasteiger partial charge in [-0.3, -0.25) is 14.6 Å². The molecule has 1 atom stereocenters. The summed E-state index contributed by atoms with van der Waals surface area (Å²) in [7, 11) is 0. The van der Waals surface area contributed by atoms with E-state index in [0.29, 0.717) is 41.8 Å². The maximum atomic E-state index is 13.3. The zero-order valence-electron chi connectivity index (χ0n) is 21.4. The van der Waals surface area contributed by atoms with Crippen molar-refractivity contribution in [2.75, 3.05) is 13.2 Å². The molecule has 4 rings (SSSR count). The number of benzene rings is 2. The molecule has 1 aromatic heterocycles. The molecule has 7 nitrogen and oxygen atoms in total. The highest BCUT2D eigenvalue weighted by atomic mass is 16.5. The maximum Gasteiger partial charge on any atom is 0.295 e. The van der Waals surface area contributed by atoms with Gasteiger partial charge in [-0.05, 0) is 78.9 Å². The van der Waals surface area contributed by atoms with Gasteiger partial charge in [-0.25, -0.2) is 0 Å². The van der Waals surface area contributed by atoms with E-state index in [1.54, 1.807) is 48.8 Å². The molecule has 2 heterocycles. The average molecular weight is 501 g/mol. The minimum absolute atomic E-state index is 0.0440. The Morgan fingerprint density at radius 2 is 1.73 bits per heavy atom. The minimum Gasteiger partial charge on any atom is -0.507 e. The SMILES string of the molecule is CCOc1ccc(/C(O)=C2\C(=O)C(=O)N(Cc3ccncc3)C2c2cccc(OCCC(C)C)c2)cc1. The largest absolute Gasteiger partial charge is 0.507 e. The van der Waals surface area contributed by atoms with Gasteiger partial charge in [0.15, 0.2) is 0 Å². The van der Waals surface area contributed by atoms with Crippen molar-refractivity contribution in [2.45, 2.75) is 39.8 Å². The van der Waals surface area contributed by atoms with Gasteiger partial charge < -0.3 is 19.5 Å². The summed E-state index contributed by atoms with van der Waals surface area (Å²) in [6.07, 6.45) is 4.19. The number of carbonyl (C=O) groups is 2. The maximum absolute atomic E-state index is 13.3. The first kappa shape index (κ1) is 25.9. The lowest BCUT2D eigenvalue weighted by Gasteiger charge is -2.26. The number of aromatic nitrogens is 1. The fraction of sp³-hybridized carbons (Fsp3) is 0.300. The minimum atomic E-state index is -0.784. The lowest BCUT2D eigenvalue weighted by molar-refractivity contribution is -0.140. The molecular weight excluding hydrogens is 468 g/mol. The van der Waals surface area contributed by atoms with Crippen LogP contribution in [0.25, 0.3) is 5.76 Å². The van der Waals surface area contributed by atoms with Crippen molar-refractivity contribution in [2.24, 2.45) is 5.92 Å². The van der Waals surface area contributed by atoms with Crippen LogP contribution in [0, 0.1) is 5.92 Å². The summed E-state index contributed by atoms with van der Waals surface area (Å²) in [5.74, 6) is 0.185. The predicted octanol–water partition coefficient (Wildman–Crippen LogP) is 5.53. The highest BCUT2D eigenvalue weighted by Crippen LogP contribution is 2.41. The number of likely N-dealkylation sites (tertiary alicyclic amines) is 1. The lowest BCUT2D eigenvalue weighted by atomic mass is 9.95. The summed E-state index contributed by atoms with van der Waals surface area (Å²) in [6.45, 7) is 7.42. The molecule has 37 heavy (non-hydrogen) atoms. The van der Waals surface area contributed by atoms with Crippen molar-refractivity contribution >= 4 is 17.4 Å². The van der Waals surface area contributed by atoms with Crippen LogP contribution in [0.1, 0.15) is 49.9 Å². The number of Topliss-reactive ketones (excluding diaryl/α,β-unsaturated/α-hetero) is 1. The molecule has 0 spiro atoms. The Balaban J connectivity index is 1.77. The number of hydrogen-bond acceptors (Lipinski definition) is 6. The molecule has 1 aliphatic rings. The summed E-state index contributed by atoms with van der Waals surface area (Å²) in [5.41, 5.74) is 1.98. The van der Waals surface area contributed by atoms with Gasteiger partial charge in [0, 0.05) is 24.5 Å². The van der Waals surface area contributed by atoms with Crippen LogP contribution >= 0.6 is 0 Å². The molecule has 1 amide bonds. The number of carbonyl (C=O) groups excluding carboxylic acids is 2. The first-order chi connectivity index (χ1) is 17.9. The van der Waals surface area contributed by atoms with E-state index in [0.717, 1.165) is 12.0 Å². The molecule has 1 N–H and O–H groups in total. The van der Waals surface area contributed by atoms with Crippen LogP contribution in [0.3, 0.4) is 0 Å². The zero-order chi connectivity index (χ0) is 26.4. The molecule has 1 unspecified atom stereocenters. The van der Waals surface area contributed by atoms with E-state index in [4.69, 9.17) is 9.47 Å². The Hall–Kier alpha value is -4.13. The Bertz CT molecular complexity index is 1270. The van der Waals surface area contributed by atoms with Crippen LogP contribution in [0.2, 0.25) is 0 Å². The highest BCUT2D eigenvalue weighted by molar-refractivity contribution is 6.46. The molecule has 1 fully saturated rings. The Labute approximate surface area is 217 Å². The monoisotopic (exact) mass is 500 g/mol. The number of amides is 1. The Morgan fingerprint density at radius 3 is 2.41 bits per heavy atom. The van der Waals surface area contributed by atoms with Crippen LogP contribution in [0.4, 0.5) is 0 Å². The molecule has 0 saturated carbocycles. The number of hydrogen-bond donors (Lipinski definition) is 1. The predicted molar refractivity (Wildman–Crippen MR) is 141 cm³/mol. The lowest BCUT2D eigenvalue weighted by Crippen LogP contribution is -2.29. The van der Waals surface area contributed by atoms with E-state index in [1.807, 2.05) is 31.2 Å². The van der Waals surface area contributed by atoms with Gasteiger partial charge >= 0.3 is 0 Å². The van der Waals surface area contributed by atoms with E-state index >= 15 is 0 Å². The third-order valence-corrected chi connectivity index (χ3v) is 6.22. The summed E-state index contributed by atoms with van der Waals surface area (Å²) >= 11 is 0. The Morgan fingerprint density at radius 1 is 1.00 bits per heavy atom. The second-order valence-electron chi connectivity index (χ2n) is 9.34. The molecule has 3 aromatic rings. The van der Waals surface area contributed by atoms with Crippen LogP contribution in [-0.4, -0.2) is 39.9 Å². The molecular formula is C30H32N2O5. The van der Waals surface area contributed by atoms with Crippen molar-refractivity contribution in [3.63, 3.8) is 0 Å². The molecule has 192 valence electrons. The van der Waals surface area contributed by atoms with E-state index < -0.39 is 17.7 Å². The van der Waals surface area contributed by atoms with Gasteiger partial charge in [-0.2, -0.15) is 0 Å². The van der Waals surface area contributed by atoms with Crippen LogP contribution in [-0.2, 0) is 16.1 Å². The van der Waals surface area contributed by atoms with Gasteiger partial charge in [0.1, 0.15) is 17.3 Å². The Kier molecular flexibility index (Phi) is 8.23. The topological polar surface area (TPSA) is 89.0 Å². The van der Waals surface area contributed by atoms with Gasteiger partial charge in [0.2, 0.25) is 0 Å². The number of ketones is 1. The first-order valence-corrected chi connectivity index (χ1v) is 12.5. The quantitative estimate of drug-likeness (QED) is 0.224. The zero-order valence-corrected chi connectivity index (χ0v) is 21.4. The summed E-state index contributed by atoms with van der Waals surface area (Å²) in [4.78, 5) is 32.1. The molecule has 2 aromatic carbocycles. The third-order valence-electron chi connectivity index (χ3n) is 6.22. The van der Waals surface area contributed by atoms with E-state index in [2.05, 4.69) is 18.8 Å². The fourth-order valence-corrected chi connectivity index (χ4v) is 4.29. The smallest absolute Gasteiger partial charge is 0.295 e. The molecule has 0 aliphatic carbocycles. The molecule has 0 bridgehead atoms. The number of ether oxygens (including phenoxy) is 2. The van der Waals surface area contributed by atoms with Crippen molar-refractivity contribution in [3.8, 4) is 11.5 Å². The van der Waals surface area contributed by atoms with Crippen molar-refractivity contribution in [1.29, 1.82) is 0 Å². The summed E-state index contributed by atoms with van der Waals surface area (Å²) in [5, 5.41) is 11.3. The van der Waals surface area contributed by atoms with Gasteiger partial charge in [0.25, 0.3) is 11.7 Å². The van der Waals surface area contributed by atoms with Crippen molar-refractivity contribution in [1.82, 2.24) is 9.88 Å². The molecule has 7 heteroatoms. The summed E-state index contributed by atoms with van der Waals surface area (Å²) in [6, 6.07) is 17.0. The molecule has 0 radical (unpaired) electrons. The molecule has 1 saturated heterocycles.